The first-order valence-electron chi connectivity index (χ1n) is 5.58. The van der Waals surface area contributed by atoms with Gasteiger partial charge < -0.3 is 10.5 Å². The number of nitrogen functional groups attached to an aromatic ring is 1. The van der Waals surface area contributed by atoms with Crippen molar-refractivity contribution in [3.63, 3.8) is 0 Å². The summed E-state index contributed by atoms with van der Waals surface area (Å²) in [5.74, 6) is -0.206. The molecule has 1 heterocycles. The molecule has 1 aromatic heterocycles. The number of anilines is 1. The lowest BCUT2D eigenvalue weighted by Gasteiger charge is -2.04. The molecule has 2 N–H and O–H groups in total. The van der Waals surface area contributed by atoms with Gasteiger partial charge in [-0.15, -0.1) is 5.10 Å². The highest BCUT2D eigenvalue weighted by atomic mass is 16.5. The summed E-state index contributed by atoms with van der Waals surface area (Å²) >= 11 is 0. The van der Waals surface area contributed by atoms with Crippen LogP contribution in [0.5, 0.6) is 0 Å². The largest absolute Gasteiger partial charge is 0.464 e. The minimum absolute atomic E-state index is 0.0268. The van der Waals surface area contributed by atoms with Gasteiger partial charge in [0.2, 0.25) is 5.95 Å². The van der Waals surface area contributed by atoms with Crippen LogP contribution in [0.15, 0.2) is 36.7 Å². The standard InChI is InChI=1S/C12H14N4O2/c13-12-14-9-16(15-12)8-11(17)18-7-6-10-4-2-1-3-5-10/h1-5,9H,6-8H2,(H2,13,15). The Morgan fingerprint density at radius 1 is 1.33 bits per heavy atom. The van der Waals surface area contributed by atoms with Crippen molar-refractivity contribution in [2.75, 3.05) is 12.3 Å². The van der Waals surface area contributed by atoms with Gasteiger partial charge in [-0.05, 0) is 5.56 Å². The summed E-state index contributed by atoms with van der Waals surface area (Å²) in [7, 11) is 0. The van der Waals surface area contributed by atoms with Crippen LogP contribution in [0, 0.1) is 0 Å². The summed E-state index contributed by atoms with van der Waals surface area (Å²) in [6.45, 7) is 0.381. The van der Waals surface area contributed by atoms with E-state index in [9.17, 15) is 4.79 Å². The molecule has 0 aliphatic carbocycles. The SMILES string of the molecule is Nc1ncn(CC(=O)OCCc2ccccc2)n1. The summed E-state index contributed by atoms with van der Waals surface area (Å²) in [5, 5.41) is 3.80. The molecule has 0 radical (unpaired) electrons. The lowest BCUT2D eigenvalue weighted by atomic mass is 10.2. The van der Waals surface area contributed by atoms with E-state index >= 15 is 0 Å². The van der Waals surface area contributed by atoms with E-state index in [0.29, 0.717) is 13.0 Å². The van der Waals surface area contributed by atoms with E-state index in [0.717, 1.165) is 5.56 Å². The fourth-order valence-electron chi connectivity index (χ4n) is 1.49. The molecule has 18 heavy (non-hydrogen) atoms. The van der Waals surface area contributed by atoms with Gasteiger partial charge in [0, 0.05) is 6.42 Å². The van der Waals surface area contributed by atoms with Crippen LogP contribution in [0.3, 0.4) is 0 Å². The van der Waals surface area contributed by atoms with Crippen molar-refractivity contribution in [2.24, 2.45) is 0 Å². The number of carbonyl (C=O) groups excluding carboxylic acids is 1. The average molecular weight is 246 g/mol. The van der Waals surface area contributed by atoms with Gasteiger partial charge in [0.15, 0.2) is 0 Å². The molecule has 2 aromatic rings. The third kappa shape index (κ3) is 3.58. The van der Waals surface area contributed by atoms with E-state index in [1.807, 2.05) is 30.3 Å². The molecule has 0 amide bonds. The third-order valence-electron chi connectivity index (χ3n) is 2.34. The fourth-order valence-corrected chi connectivity index (χ4v) is 1.49. The van der Waals surface area contributed by atoms with Crippen LogP contribution in [0.1, 0.15) is 5.56 Å². The zero-order valence-electron chi connectivity index (χ0n) is 9.82. The molecular formula is C12H14N4O2. The monoisotopic (exact) mass is 246 g/mol. The molecule has 0 unspecified atom stereocenters. The minimum atomic E-state index is -0.351. The maximum atomic E-state index is 11.5. The van der Waals surface area contributed by atoms with Crippen LogP contribution in [0.4, 0.5) is 5.95 Å². The van der Waals surface area contributed by atoms with Crippen LogP contribution in [-0.4, -0.2) is 27.3 Å². The number of nitrogens with zero attached hydrogens (tertiary/aromatic N) is 3. The first-order valence-corrected chi connectivity index (χ1v) is 5.58. The van der Waals surface area contributed by atoms with Crippen molar-refractivity contribution in [1.82, 2.24) is 14.8 Å². The maximum Gasteiger partial charge on any atom is 0.327 e. The Morgan fingerprint density at radius 3 is 2.78 bits per heavy atom. The summed E-state index contributed by atoms with van der Waals surface area (Å²) < 4.78 is 6.44. The number of benzene rings is 1. The molecule has 94 valence electrons. The van der Waals surface area contributed by atoms with E-state index in [1.165, 1.54) is 11.0 Å². The number of aromatic nitrogens is 3. The van der Waals surface area contributed by atoms with E-state index in [-0.39, 0.29) is 18.5 Å². The second-order valence-electron chi connectivity index (χ2n) is 3.76. The Bertz CT molecular complexity index is 510. The van der Waals surface area contributed by atoms with Crippen LogP contribution >= 0.6 is 0 Å². The topological polar surface area (TPSA) is 83.0 Å². The van der Waals surface area contributed by atoms with Gasteiger partial charge in [0.05, 0.1) is 6.61 Å². The number of hydrogen-bond acceptors (Lipinski definition) is 5. The molecule has 0 aliphatic heterocycles. The Labute approximate surface area is 104 Å². The fraction of sp³-hybridized carbons (Fsp3) is 0.250. The first kappa shape index (κ1) is 12.1. The zero-order valence-corrected chi connectivity index (χ0v) is 9.82. The molecule has 0 fully saturated rings. The van der Waals surface area contributed by atoms with Crippen molar-refractivity contribution in [3.05, 3.63) is 42.2 Å². The molecule has 0 bridgehead atoms. The number of nitrogens with two attached hydrogens (primary N) is 1. The van der Waals surface area contributed by atoms with Gasteiger partial charge in [-0.1, -0.05) is 30.3 Å². The second-order valence-corrected chi connectivity index (χ2v) is 3.76. The molecule has 0 aliphatic rings. The molecule has 1 aromatic carbocycles. The maximum absolute atomic E-state index is 11.5. The van der Waals surface area contributed by atoms with Crippen molar-refractivity contribution >= 4 is 11.9 Å². The van der Waals surface area contributed by atoms with Crippen molar-refractivity contribution in [2.45, 2.75) is 13.0 Å². The lowest BCUT2D eigenvalue weighted by molar-refractivity contribution is -0.144. The van der Waals surface area contributed by atoms with E-state index in [1.54, 1.807) is 0 Å². The van der Waals surface area contributed by atoms with Crippen LogP contribution in [0.2, 0.25) is 0 Å². The molecular weight excluding hydrogens is 232 g/mol. The first-order chi connectivity index (χ1) is 8.74. The quantitative estimate of drug-likeness (QED) is 0.783. The Kier molecular flexibility index (Phi) is 3.90. The third-order valence-corrected chi connectivity index (χ3v) is 2.34. The summed E-state index contributed by atoms with van der Waals surface area (Å²) in [6.07, 6.45) is 2.10. The smallest absolute Gasteiger partial charge is 0.327 e. The summed E-state index contributed by atoms with van der Waals surface area (Å²) in [6, 6.07) is 9.84. The molecule has 0 spiro atoms. The normalized spacial score (nSPS) is 10.2. The average Bonchev–Trinajstić information content (AvgIpc) is 2.76. The molecule has 6 heteroatoms. The highest BCUT2D eigenvalue weighted by Crippen LogP contribution is 2.00. The summed E-state index contributed by atoms with van der Waals surface area (Å²) in [5.41, 5.74) is 6.47. The van der Waals surface area contributed by atoms with Crippen molar-refractivity contribution in [1.29, 1.82) is 0 Å². The molecule has 0 saturated carbocycles. The zero-order chi connectivity index (χ0) is 12.8. The Hall–Kier alpha value is -2.37. The molecule has 0 atom stereocenters. The highest BCUT2D eigenvalue weighted by molar-refractivity contribution is 5.69. The number of carbonyl (C=O) groups is 1. The second kappa shape index (κ2) is 5.81. The highest BCUT2D eigenvalue weighted by Gasteiger charge is 2.05. The number of hydrogen-bond donors (Lipinski definition) is 1. The molecule has 2 rings (SSSR count). The Balaban J connectivity index is 1.72. The lowest BCUT2D eigenvalue weighted by Crippen LogP contribution is -2.15. The van der Waals surface area contributed by atoms with Gasteiger partial charge in [0.1, 0.15) is 12.9 Å². The van der Waals surface area contributed by atoms with Crippen LogP contribution in [-0.2, 0) is 22.5 Å². The minimum Gasteiger partial charge on any atom is -0.464 e. The van der Waals surface area contributed by atoms with E-state index in [2.05, 4.69) is 10.1 Å². The van der Waals surface area contributed by atoms with E-state index < -0.39 is 0 Å². The van der Waals surface area contributed by atoms with Gasteiger partial charge >= 0.3 is 5.97 Å². The number of esters is 1. The van der Waals surface area contributed by atoms with Gasteiger partial charge in [0.25, 0.3) is 0 Å². The Morgan fingerprint density at radius 2 is 2.11 bits per heavy atom. The molecule has 6 nitrogen and oxygen atoms in total. The van der Waals surface area contributed by atoms with E-state index in [4.69, 9.17) is 10.5 Å². The van der Waals surface area contributed by atoms with Crippen molar-refractivity contribution in [3.8, 4) is 0 Å². The van der Waals surface area contributed by atoms with Crippen molar-refractivity contribution < 1.29 is 9.53 Å². The summed E-state index contributed by atoms with van der Waals surface area (Å²) in [4.78, 5) is 15.2. The number of ether oxygens (including phenoxy) is 1. The van der Waals surface area contributed by atoms with Gasteiger partial charge in [-0.3, -0.25) is 4.79 Å². The predicted octanol–water partition coefficient (Wildman–Crippen LogP) is 0.646. The predicted molar refractivity (Wildman–Crippen MR) is 65.5 cm³/mol. The van der Waals surface area contributed by atoms with Crippen LogP contribution < -0.4 is 5.73 Å². The van der Waals surface area contributed by atoms with Crippen LogP contribution in [0.25, 0.3) is 0 Å². The van der Waals surface area contributed by atoms with Gasteiger partial charge in [-0.2, -0.15) is 0 Å². The number of rotatable bonds is 5. The molecule has 0 saturated heterocycles. The van der Waals surface area contributed by atoms with Gasteiger partial charge in [-0.25, -0.2) is 9.67 Å².